The lowest BCUT2D eigenvalue weighted by Gasteiger charge is -2.17. The molecule has 1 aromatic rings. The van der Waals surface area contributed by atoms with Crippen molar-refractivity contribution < 1.29 is 14.7 Å². The number of allylic oxidation sites excluding steroid dienone is 1. The number of carboxylic acids is 1. The van der Waals surface area contributed by atoms with Crippen LogP contribution in [0.25, 0.3) is 0 Å². The molecule has 1 aliphatic rings. The van der Waals surface area contributed by atoms with E-state index in [1.807, 2.05) is 6.08 Å². The third-order valence-corrected chi connectivity index (χ3v) is 3.62. The second kappa shape index (κ2) is 7.47. The molecule has 0 radical (unpaired) electrons. The van der Waals surface area contributed by atoms with Gasteiger partial charge < -0.3 is 15.7 Å². The highest BCUT2D eigenvalue weighted by Gasteiger charge is 2.09. The fourth-order valence-electron chi connectivity index (χ4n) is 2.45. The summed E-state index contributed by atoms with van der Waals surface area (Å²) >= 11 is 0. The van der Waals surface area contributed by atoms with Crippen LogP contribution in [0, 0.1) is 5.92 Å². The third kappa shape index (κ3) is 4.95. The van der Waals surface area contributed by atoms with Gasteiger partial charge in [-0.3, -0.25) is 0 Å². The second-order valence-corrected chi connectivity index (χ2v) is 5.24. The minimum absolute atomic E-state index is 0.193. The van der Waals surface area contributed by atoms with Crippen LogP contribution in [0.2, 0.25) is 0 Å². The summed E-state index contributed by atoms with van der Waals surface area (Å²) in [6.45, 7) is 0. The highest BCUT2D eigenvalue weighted by atomic mass is 16.4. The Bertz CT molecular complexity index is 517. The standard InChI is InChI=1S/C16H20N2O3/c19-15(20)13-6-8-14(9-7-13)18-16(21)17-11-10-12-4-2-1-3-5-12/h6-12H,1-5H2,(H,19,20)(H2,17,18,21)/b11-10+. The van der Waals surface area contributed by atoms with Crippen LogP contribution in [0.1, 0.15) is 42.5 Å². The second-order valence-electron chi connectivity index (χ2n) is 5.24. The van der Waals surface area contributed by atoms with E-state index in [1.165, 1.54) is 44.2 Å². The first kappa shape index (κ1) is 15.1. The summed E-state index contributed by atoms with van der Waals surface area (Å²) in [5, 5.41) is 14.1. The molecular weight excluding hydrogens is 268 g/mol. The zero-order chi connectivity index (χ0) is 15.1. The van der Waals surface area contributed by atoms with Crippen molar-refractivity contribution in [1.29, 1.82) is 0 Å². The Morgan fingerprint density at radius 1 is 1.10 bits per heavy atom. The summed E-state index contributed by atoms with van der Waals surface area (Å²) in [5.74, 6) is -0.421. The van der Waals surface area contributed by atoms with Crippen molar-refractivity contribution in [2.24, 2.45) is 5.92 Å². The number of nitrogens with one attached hydrogen (secondary N) is 2. The molecule has 1 saturated carbocycles. The Morgan fingerprint density at radius 3 is 2.38 bits per heavy atom. The van der Waals surface area contributed by atoms with Crippen molar-refractivity contribution in [3.05, 3.63) is 42.1 Å². The Hall–Kier alpha value is -2.30. The van der Waals surface area contributed by atoms with Crippen molar-refractivity contribution in [1.82, 2.24) is 5.32 Å². The van der Waals surface area contributed by atoms with Crippen LogP contribution in [0.5, 0.6) is 0 Å². The van der Waals surface area contributed by atoms with Crippen molar-refractivity contribution in [2.45, 2.75) is 32.1 Å². The molecule has 0 saturated heterocycles. The molecule has 1 fully saturated rings. The molecule has 5 heteroatoms. The minimum atomic E-state index is -0.985. The van der Waals surface area contributed by atoms with E-state index in [0.717, 1.165) is 0 Å². The molecule has 0 aliphatic heterocycles. The number of rotatable bonds is 4. The third-order valence-electron chi connectivity index (χ3n) is 3.62. The van der Waals surface area contributed by atoms with E-state index in [2.05, 4.69) is 10.6 Å². The molecule has 2 amide bonds. The summed E-state index contributed by atoms with van der Waals surface area (Å²) < 4.78 is 0. The van der Waals surface area contributed by atoms with Gasteiger partial charge in [-0.1, -0.05) is 25.3 Å². The normalized spacial score (nSPS) is 15.8. The van der Waals surface area contributed by atoms with Gasteiger partial charge in [-0.05, 0) is 43.0 Å². The van der Waals surface area contributed by atoms with Gasteiger partial charge >= 0.3 is 12.0 Å². The van der Waals surface area contributed by atoms with Crippen LogP contribution in [-0.4, -0.2) is 17.1 Å². The van der Waals surface area contributed by atoms with Crippen molar-refractivity contribution in [3.8, 4) is 0 Å². The van der Waals surface area contributed by atoms with E-state index >= 15 is 0 Å². The predicted molar refractivity (Wildman–Crippen MR) is 81.3 cm³/mol. The van der Waals surface area contributed by atoms with Crippen molar-refractivity contribution >= 4 is 17.7 Å². The molecule has 1 aliphatic carbocycles. The molecule has 112 valence electrons. The molecule has 2 rings (SSSR count). The lowest BCUT2D eigenvalue weighted by Crippen LogP contribution is -2.24. The van der Waals surface area contributed by atoms with Gasteiger partial charge in [-0.2, -0.15) is 0 Å². The van der Waals surface area contributed by atoms with Gasteiger partial charge in [0, 0.05) is 11.9 Å². The summed E-state index contributed by atoms with van der Waals surface area (Å²) in [6, 6.07) is 5.71. The van der Waals surface area contributed by atoms with Crippen molar-refractivity contribution in [2.75, 3.05) is 5.32 Å². The van der Waals surface area contributed by atoms with E-state index in [0.29, 0.717) is 11.6 Å². The van der Waals surface area contributed by atoms with Gasteiger partial charge in [0.25, 0.3) is 0 Å². The number of aromatic carboxylic acids is 1. The number of hydrogen-bond donors (Lipinski definition) is 3. The van der Waals surface area contributed by atoms with Gasteiger partial charge in [0.15, 0.2) is 0 Å². The summed E-state index contributed by atoms with van der Waals surface area (Å²) in [4.78, 5) is 22.4. The molecule has 21 heavy (non-hydrogen) atoms. The SMILES string of the molecule is O=C(N/C=C/C1CCCCC1)Nc1ccc(C(=O)O)cc1. The number of carboxylic acid groups (broad SMARTS) is 1. The van der Waals surface area contributed by atoms with E-state index in [4.69, 9.17) is 5.11 Å². The Labute approximate surface area is 124 Å². The molecule has 0 spiro atoms. The van der Waals surface area contributed by atoms with E-state index in [1.54, 1.807) is 18.3 Å². The first-order valence-corrected chi connectivity index (χ1v) is 7.23. The zero-order valence-electron chi connectivity index (χ0n) is 11.8. The summed E-state index contributed by atoms with van der Waals surface area (Å²) in [6.07, 6.45) is 9.95. The van der Waals surface area contributed by atoms with Gasteiger partial charge in [-0.15, -0.1) is 0 Å². The lowest BCUT2D eigenvalue weighted by atomic mass is 9.89. The monoisotopic (exact) mass is 288 g/mol. The Kier molecular flexibility index (Phi) is 5.37. The predicted octanol–water partition coefficient (Wildman–Crippen LogP) is 3.60. The number of benzene rings is 1. The average molecular weight is 288 g/mol. The minimum Gasteiger partial charge on any atom is -0.478 e. The Balaban J connectivity index is 1.78. The molecule has 0 unspecified atom stereocenters. The maximum Gasteiger partial charge on any atom is 0.335 e. The van der Waals surface area contributed by atoms with Crippen LogP contribution < -0.4 is 10.6 Å². The molecule has 0 aromatic heterocycles. The number of urea groups is 1. The van der Waals surface area contributed by atoms with Gasteiger partial charge in [0.1, 0.15) is 0 Å². The number of carbonyl (C=O) groups is 2. The zero-order valence-corrected chi connectivity index (χ0v) is 11.8. The number of amides is 2. The molecular formula is C16H20N2O3. The van der Waals surface area contributed by atoms with Crippen LogP contribution in [0.15, 0.2) is 36.5 Å². The molecule has 0 atom stereocenters. The van der Waals surface area contributed by atoms with E-state index in [9.17, 15) is 9.59 Å². The van der Waals surface area contributed by atoms with Crippen LogP contribution in [0.4, 0.5) is 10.5 Å². The maximum absolute atomic E-state index is 11.7. The molecule has 0 heterocycles. The molecule has 5 nitrogen and oxygen atoms in total. The van der Waals surface area contributed by atoms with E-state index in [-0.39, 0.29) is 11.6 Å². The molecule has 3 N–H and O–H groups in total. The first-order valence-electron chi connectivity index (χ1n) is 7.23. The fraction of sp³-hybridized carbons (Fsp3) is 0.375. The highest BCUT2D eigenvalue weighted by Crippen LogP contribution is 2.24. The van der Waals surface area contributed by atoms with E-state index < -0.39 is 5.97 Å². The number of hydrogen-bond acceptors (Lipinski definition) is 2. The summed E-state index contributed by atoms with van der Waals surface area (Å²) in [7, 11) is 0. The lowest BCUT2D eigenvalue weighted by molar-refractivity contribution is 0.0697. The smallest absolute Gasteiger partial charge is 0.335 e. The van der Waals surface area contributed by atoms with Crippen LogP contribution >= 0.6 is 0 Å². The average Bonchev–Trinajstić information content (AvgIpc) is 2.49. The van der Waals surface area contributed by atoms with Crippen molar-refractivity contribution in [3.63, 3.8) is 0 Å². The quantitative estimate of drug-likeness (QED) is 0.792. The van der Waals surface area contributed by atoms with Gasteiger partial charge in [-0.25, -0.2) is 9.59 Å². The highest BCUT2D eigenvalue weighted by molar-refractivity contribution is 5.91. The number of carbonyl (C=O) groups excluding carboxylic acids is 1. The molecule has 0 bridgehead atoms. The van der Waals surface area contributed by atoms with Crippen LogP contribution in [-0.2, 0) is 0 Å². The van der Waals surface area contributed by atoms with Gasteiger partial charge in [0.05, 0.1) is 5.56 Å². The van der Waals surface area contributed by atoms with Crippen LogP contribution in [0.3, 0.4) is 0 Å². The summed E-state index contributed by atoms with van der Waals surface area (Å²) in [5.41, 5.74) is 0.752. The van der Waals surface area contributed by atoms with Gasteiger partial charge in [0.2, 0.25) is 0 Å². The largest absolute Gasteiger partial charge is 0.478 e. The Morgan fingerprint density at radius 2 is 1.76 bits per heavy atom. The molecule has 1 aromatic carbocycles. The maximum atomic E-state index is 11.7. The number of anilines is 1. The topological polar surface area (TPSA) is 78.4 Å². The fourth-order valence-corrected chi connectivity index (χ4v) is 2.45. The first-order chi connectivity index (χ1) is 10.1.